The Balaban J connectivity index is 1.49. The van der Waals surface area contributed by atoms with E-state index in [-0.39, 0.29) is 5.91 Å². The van der Waals surface area contributed by atoms with Crippen LogP contribution in [0.4, 0.5) is 0 Å². The lowest BCUT2D eigenvalue weighted by molar-refractivity contribution is 0.0650. The molecule has 0 N–H and O–H groups in total. The number of carbonyl (C=O) groups is 1. The maximum atomic E-state index is 12.5. The summed E-state index contributed by atoms with van der Waals surface area (Å²) in [5.41, 5.74) is 1.88. The molecule has 2 aromatic rings. The fourth-order valence-corrected chi connectivity index (χ4v) is 3.03. The maximum Gasteiger partial charge on any atom is 0.253 e. The molecule has 1 amide bonds. The average molecular weight is 341 g/mol. The van der Waals surface area contributed by atoms with Gasteiger partial charge in [0.05, 0.1) is 0 Å². The number of rotatable bonds is 4. The minimum atomic E-state index is 0.0666. The second kappa shape index (κ2) is 8.13. The van der Waals surface area contributed by atoms with Crippen molar-refractivity contribution in [1.82, 2.24) is 9.80 Å². The van der Waals surface area contributed by atoms with Gasteiger partial charge in [-0.2, -0.15) is 0 Å². The van der Waals surface area contributed by atoms with E-state index in [1.165, 1.54) is 5.56 Å². The molecule has 0 aromatic heterocycles. The molecular weight excluding hydrogens is 320 g/mol. The highest BCUT2D eigenvalue weighted by atomic mass is 35.5. The minimum Gasteiger partial charge on any atom is -0.336 e. The van der Waals surface area contributed by atoms with E-state index in [4.69, 9.17) is 11.6 Å². The topological polar surface area (TPSA) is 23.6 Å². The Morgan fingerprint density at radius 1 is 1.00 bits per heavy atom. The Kier molecular flexibility index (Phi) is 5.68. The van der Waals surface area contributed by atoms with Gasteiger partial charge >= 0.3 is 0 Å². The Labute approximate surface area is 148 Å². The van der Waals surface area contributed by atoms with Crippen LogP contribution in [-0.2, 0) is 0 Å². The molecule has 0 radical (unpaired) electrons. The van der Waals surface area contributed by atoms with Gasteiger partial charge in [-0.1, -0.05) is 60.2 Å². The Morgan fingerprint density at radius 3 is 2.46 bits per heavy atom. The van der Waals surface area contributed by atoms with Gasteiger partial charge in [-0.05, 0) is 23.8 Å². The van der Waals surface area contributed by atoms with Gasteiger partial charge in [0.25, 0.3) is 5.91 Å². The number of hydrogen-bond donors (Lipinski definition) is 0. The number of piperazine rings is 1. The van der Waals surface area contributed by atoms with Crippen molar-refractivity contribution >= 4 is 23.6 Å². The molecule has 4 heteroatoms. The number of benzene rings is 2. The fraction of sp³-hybridized carbons (Fsp3) is 0.250. The summed E-state index contributed by atoms with van der Waals surface area (Å²) in [5, 5.41) is 0.602. The summed E-state index contributed by atoms with van der Waals surface area (Å²) >= 11 is 5.97. The summed E-state index contributed by atoms with van der Waals surface area (Å²) in [5.74, 6) is 0.0666. The quantitative estimate of drug-likeness (QED) is 0.845. The number of halogens is 1. The standard InChI is InChI=1S/C20H21ClN2O/c21-19-10-4-9-18(16-19)20(24)23-14-12-22(13-15-23)11-5-8-17-6-2-1-3-7-17/h1-10,16H,11-15H2/b8-5-. The molecule has 3 nitrogen and oxygen atoms in total. The van der Waals surface area contributed by atoms with Crippen LogP contribution >= 0.6 is 11.6 Å². The predicted molar refractivity (Wildman–Crippen MR) is 99.3 cm³/mol. The highest BCUT2D eigenvalue weighted by Gasteiger charge is 2.21. The van der Waals surface area contributed by atoms with Crippen molar-refractivity contribution in [3.05, 3.63) is 76.8 Å². The number of nitrogens with zero attached hydrogens (tertiary/aromatic N) is 2. The molecule has 1 saturated heterocycles. The molecule has 124 valence electrons. The lowest BCUT2D eigenvalue weighted by atomic mass is 10.2. The summed E-state index contributed by atoms with van der Waals surface area (Å²) in [6.45, 7) is 4.21. The van der Waals surface area contributed by atoms with Gasteiger partial charge in [-0.3, -0.25) is 9.69 Å². The third-order valence-electron chi connectivity index (χ3n) is 4.20. The van der Waals surface area contributed by atoms with Crippen molar-refractivity contribution < 1.29 is 4.79 Å². The van der Waals surface area contributed by atoms with Gasteiger partial charge < -0.3 is 4.90 Å². The van der Waals surface area contributed by atoms with Crippen molar-refractivity contribution in [3.63, 3.8) is 0 Å². The Hall–Kier alpha value is -2.10. The zero-order chi connectivity index (χ0) is 16.8. The van der Waals surface area contributed by atoms with Crippen LogP contribution in [0.15, 0.2) is 60.7 Å². The van der Waals surface area contributed by atoms with Gasteiger partial charge in [0, 0.05) is 43.3 Å². The van der Waals surface area contributed by atoms with Crippen LogP contribution < -0.4 is 0 Å². The number of hydrogen-bond acceptors (Lipinski definition) is 2. The molecule has 0 saturated carbocycles. The van der Waals surface area contributed by atoms with Crippen LogP contribution in [0.25, 0.3) is 6.08 Å². The Morgan fingerprint density at radius 2 is 1.75 bits per heavy atom. The molecule has 1 aliphatic rings. The minimum absolute atomic E-state index is 0.0666. The molecule has 1 aliphatic heterocycles. The molecule has 1 fully saturated rings. The van der Waals surface area contributed by atoms with Crippen molar-refractivity contribution in [1.29, 1.82) is 0 Å². The average Bonchev–Trinajstić information content (AvgIpc) is 2.63. The molecule has 1 heterocycles. The van der Waals surface area contributed by atoms with E-state index >= 15 is 0 Å². The van der Waals surface area contributed by atoms with Crippen molar-refractivity contribution in [2.45, 2.75) is 0 Å². The first-order chi connectivity index (χ1) is 11.7. The van der Waals surface area contributed by atoms with Gasteiger partial charge in [0.2, 0.25) is 0 Å². The van der Waals surface area contributed by atoms with E-state index in [1.807, 2.05) is 35.2 Å². The first-order valence-electron chi connectivity index (χ1n) is 8.21. The van der Waals surface area contributed by atoms with Gasteiger partial charge in [-0.15, -0.1) is 0 Å². The SMILES string of the molecule is O=C(c1cccc(Cl)c1)N1CCN(C/C=C\c2ccccc2)CC1. The van der Waals surface area contributed by atoms with Gasteiger partial charge in [-0.25, -0.2) is 0 Å². The van der Waals surface area contributed by atoms with Crippen molar-refractivity contribution in [3.8, 4) is 0 Å². The third-order valence-corrected chi connectivity index (χ3v) is 4.44. The summed E-state index contributed by atoms with van der Waals surface area (Å²) in [4.78, 5) is 16.8. The normalized spacial score (nSPS) is 15.8. The summed E-state index contributed by atoms with van der Waals surface area (Å²) < 4.78 is 0. The van der Waals surface area contributed by atoms with E-state index in [1.54, 1.807) is 12.1 Å². The molecule has 3 rings (SSSR count). The first kappa shape index (κ1) is 16.7. The summed E-state index contributed by atoms with van der Waals surface area (Å²) in [6.07, 6.45) is 4.33. The van der Waals surface area contributed by atoms with Crippen LogP contribution in [0.5, 0.6) is 0 Å². The zero-order valence-corrected chi connectivity index (χ0v) is 14.3. The van der Waals surface area contributed by atoms with Crippen molar-refractivity contribution in [2.24, 2.45) is 0 Å². The molecule has 24 heavy (non-hydrogen) atoms. The second-order valence-corrected chi connectivity index (χ2v) is 6.35. The fourth-order valence-electron chi connectivity index (χ4n) is 2.84. The predicted octanol–water partition coefficient (Wildman–Crippen LogP) is 3.81. The van der Waals surface area contributed by atoms with Gasteiger partial charge in [0.15, 0.2) is 0 Å². The Bertz CT molecular complexity index is 707. The van der Waals surface area contributed by atoms with E-state index < -0.39 is 0 Å². The highest BCUT2D eigenvalue weighted by Crippen LogP contribution is 2.14. The zero-order valence-electron chi connectivity index (χ0n) is 13.6. The lowest BCUT2D eigenvalue weighted by Gasteiger charge is -2.34. The molecule has 2 aromatic carbocycles. The monoisotopic (exact) mass is 340 g/mol. The molecule has 0 spiro atoms. The second-order valence-electron chi connectivity index (χ2n) is 5.92. The molecule has 0 bridgehead atoms. The molecule has 0 aliphatic carbocycles. The van der Waals surface area contributed by atoms with Crippen LogP contribution in [-0.4, -0.2) is 48.4 Å². The third kappa shape index (κ3) is 4.47. The highest BCUT2D eigenvalue weighted by molar-refractivity contribution is 6.30. The van der Waals surface area contributed by atoms with E-state index in [0.29, 0.717) is 10.6 Å². The van der Waals surface area contributed by atoms with Gasteiger partial charge in [0.1, 0.15) is 0 Å². The first-order valence-corrected chi connectivity index (χ1v) is 8.59. The van der Waals surface area contributed by atoms with Crippen molar-refractivity contribution in [2.75, 3.05) is 32.7 Å². The van der Waals surface area contributed by atoms with E-state index in [9.17, 15) is 4.79 Å². The van der Waals surface area contributed by atoms with Crippen LogP contribution in [0.3, 0.4) is 0 Å². The molecular formula is C20H21ClN2O. The van der Waals surface area contributed by atoms with Crippen LogP contribution in [0.2, 0.25) is 5.02 Å². The number of carbonyl (C=O) groups excluding carboxylic acids is 1. The lowest BCUT2D eigenvalue weighted by Crippen LogP contribution is -2.48. The molecule has 0 unspecified atom stereocenters. The van der Waals surface area contributed by atoms with E-state index in [0.717, 1.165) is 32.7 Å². The van der Waals surface area contributed by atoms with Crippen LogP contribution in [0, 0.1) is 0 Å². The number of amides is 1. The molecule has 0 atom stereocenters. The van der Waals surface area contributed by atoms with E-state index in [2.05, 4.69) is 29.2 Å². The summed E-state index contributed by atoms with van der Waals surface area (Å²) in [7, 11) is 0. The van der Waals surface area contributed by atoms with Crippen LogP contribution in [0.1, 0.15) is 15.9 Å². The largest absolute Gasteiger partial charge is 0.336 e. The summed E-state index contributed by atoms with van der Waals surface area (Å²) in [6, 6.07) is 17.5. The maximum absolute atomic E-state index is 12.5. The smallest absolute Gasteiger partial charge is 0.253 e.